The molecule has 3 aromatic heterocycles. The van der Waals surface area contributed by atoms with Crippen LogP contribution < -0.4 is 9.63 Å². The summed E-state index contributed by atoms with van der Waals surface area (Å²) in [6, 6.07) is 3.49. The Kier molecular flexibility index (Phi) is 5.52. The Labute approximate surface area is 186 Å². The van der Waals surface area contributed by atoms with Crippen LogP contribution in [0.3, 0.4) is 0 Å². The summed E-state index contributed by atoms with van der Waals surface area (Å²) in [6.45, 7) is 1.28. The van der Waals surface area contributed by atoms with Crippen LogP contribution in [0, 0.1) is 5.21 Å². The fraction of sp³-hybridized carbons (Fsp3) is 0.250. The van der Waals surface area contributed by atoms with E-state index in [0.717, 1.165) is 4.90 Å². The summed E-state index contributed by atoms with van der Waals surface area (Å²) in [5.41, 5.74) is -1.69. The summed E-state index contributed by atoms with van der Waals surface area (Å²) in [5.74, 6) is -1.09. The summed E-state index contributed by atoms with van der Waals surface area (Å²) in [6.07, 6.45) is -0.264. The van der Waals surface area contributed by atoms with E-state index in [4.69, 9.17) is 0 Å². The molecule has 172 valence electrons. The number of sulfone groups is 1. The van der Waals surface area contributed by atoms with Gasteiger partial charge in [-0.2, -0.15) is 17.9 Å². The molecule has 13 heteroatoms. The second-order valence-electron chi connectivity index (χ2n) is 7.14. The highest BCUT2D eigenvalue weighted by Crippen LogP contribution is 2.35. The van der Waals surface area contributed by atoms with Crippen LogP contribution in [0.5, 0.6) is 0 Å². The van der Waals surface area contributed by atoms with Crippen molar-refractivity contribution in [2.75, 3.05) is 17.2 Å². The lowest BCUT2D eigenvalue weighted by Gasteiger charge is -2.19. The molecule has 9 nitrogen and oxygen atoms in total. The summed E-state index contributed by atoms with van der Waals surface area (Å²) < 4.78 is 65.2. The SMILES string of the molecule is CCS(=O)(=O)c1cc(-c2ncccn2)cnc1C(=O)N1CCc2c1cc(C(F)(F)F)c[n+]2[O-]. The summed E-state index contributed by atoms with van der Waals surface area (Å²) in [4.78, 5) is 25.9. The maximum absolute atomic E-state index is 13.3. The van der Waals surface area contributed by atoms with E-state index in [1.807, 2.05) is 0 Å². The maximum atomic E-state index is 13.3. The van der Waals surface area contributed by atoms with Gasteiger partial charge >= 0.3 is 6.18 Å². The number of carbonyl (C=O) groups is 1. The molecule has 0 aromatic carbocycles. The molecule has 1 amide bonds. The molecule has 3 aromatic rings. The van der Waals surface area contributed by atoms with Gasteiger partial charge in [0.15, 0.2) is 21.9 Å². The number of anilines is 1. The normalized spacial score (nSPS) is 13.8. The zero-order valence-corrected chi connectivity index (χ0v) is 17.9. The van der Waals surface area contributed by atoms with E-state index in [1.54, 1.807) is 6.07 Å². The number of carbonyl (C=O) groups excluding carboxylic acids is 1. The quantitative estimate of drug-likeness (QED) is 0.416. The molecule has 0 spiro atoms. The fourth-order valence-electron chi connectivity index (χ4n) is 3.46. The molecule has 0 bridgehead atoms. The van der Waals surface area contributed by atoms with E-state index in [9.17, 15) is 31.6 Å². The van der Waals surface area contributed by atoms with Crippen molar-refractivity contribution in [3.05, 3.63) is 65.1 Å². The highest BCUT2D eigenvalue weighted by Gasteiger charge is 2.40. The number of aromatic nitrogens is 4. The first-order valence-electron chi connectivity index (χ1n) is 9.68. The van der Waals surface area contributed by atoms with E-state index in [0.29, 0.717) is 12.3 Å². The zero-order valence-electron chi connectivity index (χ0n) is 17.1. The first kappa shape index (κ1) is 22.6. The number of amides is 1. The van der Waals surface area contributed by atoms with Gasteiger partial charge in [0.1, 0.15) is 16.9 Å². The monoisotopic (exact) mass is 479 g/mol. The van der Waals surface area contributed by atoms with Gasteiger partial charge in [0.25, 0.3) is 5.91 Å². The molecule has 0 aliphatic carbocycles. The van der Waals surface area contributed by atoms with Crippen molar-refractivity contribution in [2.45, 2.75) is 24.4 Å². The third-order valence-electron chi connectivity index (χ3n) is 5.14. The predicted octanol–water partition coefficient (Wildman–Crippen LogP) is 2.19. The van der Waals surface area contributed by atoms with Gasteiger partial charge in [-0.1, -0.05) is 6.92 Å². The minimum Gasteiger partial charge on any atom is -0.618 e. The summed E-state index contributed by atoms with van der Waals surface area (Å²) >= 11 is 0. The van der Waals surface area contributed by atoms with Gasteiger partial charge in [0.05, 0.1) is 17.1 Å². The first-order valence-corrected chi connectivity index (χ1v) is 11.3. The number of hydrogen-bond acceptors (Lipinski definition) is 7. The van der Waals surface area contributed by atoms with Crippen molar-refractivity contribution in [2.24, 2.45) is 0 Å². The molecule has 0 N–H and O–H groups in total. The lowest BCUT2D eigenvalue weighted by atomic mass is 10.2. The topological polar surface area (TPSA) is 120 Å². The number of hydrogen-bond donors (Lipinski definition) is 0. The Bertz CT molecular complexity index is 1350. The van der Waals surface area contributed by atoms with Crippen LogP contribution in [-0.2, 0) is 22.4 Å². The Morgan fingerprint density at radius 1 is 1.21 bits per heavy atom. The van der Waals surface area contributed by atoms with Crippen LogP contribution in [-0.4, -0.2) is 41.6 Å². The second kappa shape index (κ2) is 8.06. The van der Waals surface area contributed by atoms with Crippen LogP contribution >= 0.6 is 0 Å². The zero-order chi connectivity index (χ0) is 24.0. The number of fused-ring (bicyclic) bond motifs is 1. The Hall–Kier alpha value is -3.61. The Morgan fingerprint density at radius 3 is 2.55 bits per heavy atom. The molecule has 1 aliphatic heterocycles. The highest BCUT2D eigenvalue weighted by molar-refractivity contribution is 7.91. The number of alkyl halides is 3. The van der Waals surface area contributed by atoms with Gasteiger partial charge in [-0.15, -0.1) is 0 Å². The van der Waals surface area contributed by atoms with Crippen molar-refractivity contribution in [1.82, 2.24) is 15.0 Å². The molecule has 0 unspecified atom stereocenters. The smallest absolute Gasteiger partial charge is 0.422 e. The van der Waals surface area contributed by atoms with E-state index in [2.05, 4.69) is 15.0 Å². The Balaban J connectivity index is 1.83. The molecule has 0 radical (unpaired) electrons. The van der Waals surface area contributed by atoms with Crippen LogP contribution in [0.25, 0.3) is 11.4 Å². The van der Waals surface area contributed by atoms with Gasteiger partial charge in [0.2, 0.25) is 5.69 Å². The number of pyridine rings is 2. The largest absolute Gasteiger partial charge is 0.618 e. The lowest BCUT2D eigenvalue weighted by molar-refractivity contribution is -0.613. The van der Waals surface area contributed by atoms with Gasteiger partial charge in [-0.25, -0.2) is 23.4 Å². The van der Waals surface area contributed by atoms with Crippen molar-refractivity contribution in [3.8, 4) is 11.4 Å². The van der Waals surface area contributed by atoms with Crippen molar-refractivity contribution >= 4 is 21.4 Å². The molecule has 4 heterocycles. The minimum atomic E-state index is -4.80. The Morgan fingerprint density at radius 2 is 1.91 bits per heavy atom. The van der Waals surface area contributed by atoms with Crippen LogP contribution in [0.1, 0.15) is 28.7 Å². The molecule has 0 fully saturated rings. The molecule has 33 heavy (non-hydrogen) atoms. The maximum Gasteiger partial charge on any atom is 0.422 e. The third-order valence-corrected chi connectivity index (χ3v) is 6.88. The summed E-state index contributed by atoms with van der Waals surface area (Å²) in [7, 11) is -3.96. The van der Waals surface area contributed by atoms with Gasteiger partial charge < -0.3 is 10.1 Å². The van der Waals surface area contributed by atoms with Crippen LogP contribution in [0.4, 0.5) is 18.9 Å². The third kappa shape index (κ3) is 4.11. The first-order chi connectivity index (χ1) is 15.5. The molecular formula is C20H16F3N5O4S. The van der Waals surface area contributed by atoms with Gasteiger partial charge in [-0.3, -0.25) is 4.79 Å². The molecule has 1 aliphatic rings. The number of rotatable bonds is 4. The summed E-state index contributed by atoms with van der Waals surface area (Å²) in [5, 5.41) is 12.1. The second-order valence-corrected chi connectivity index (χ2v) is 9.38. The van der Waals surface area contributed by atoms with Crippen molar-refractivity contribution in [3.63, 3.8) is 0 Å². The van der Waals surface area contributed by atoms with Crippen LogP contribution in [0.15, 0.2) is 47.9 Å². The van der Waals surface area contributed by atoms with E-state index >= 15 is 0 Å². The average Bonchev–Trinajstić information content (AvgIpc) is 3.23. The minimum absolute atomic E-state index is 0.00844. The lowest BCUT2D eigenvalue weighted by Crippen LogP contribution is -2.34. The number of nitrogens with zero attached hydrogens (tertiary/aromatic N) is 5. The predicted molar refractivity (Wildman–Crippen MR) is 109 cm³/mol. The highest BCUT2D eigenvalue weighted by atomic mass is 32.2. The molecular weight excluding hydrogens is 463 g/mol. The van der Waals surface area contributed by atoms with Crippen molar-refractivity contribution < 1.29 is 31.1 Å². The standard InChI is InChI=1S/C20H16F3N5O4S/c1-2-33(31,32)16-8-12(18-24-5-3-6-25-18)10-26-17(16)19(29)27-7-4-14-15(27)9-13(11-28(14)30)20(21,22)23/h3,5-6,8-11H,2,4,7H2,1H3. The number of halogens is 3. The van der Waals surface area contributed by atoms with E-state index in [1.165, 1.54) is 31.6 Å². The van der Waals surface area contributed by atoms with Gasteiger partial charge in [-0.05, 0) is 18.2 Å². The molecule has 4 rings (SSSR count). The van der Waals surface area contributed by atoms with E-state index in [-0.39, 0.29) is 46.2 Å². The molecule has 0 atom stereocenters. The van der Waals surface area contributed by atoms with Crippen molar-refractivity contribution in [1.29, 1.82) is 0 Å². The van der Waals surface area contributed by atoms with E-state index < -0.39 is 38.1 Å². The fourth-order valence-corrected chi connectivity index (χ4v) is 4.51. The van der Waals surface area contributed by atoms with Gasteiger partial charge in [0, 0.05) is 30.7 Å². The molecule has 0 saturated carbocycles. The average molecular weight is 479 g/mol. The molecule has 0 saturated heterocycles. The van der Waals surface area contributed by atoms with Crippen LogP contribution in [0.2, 0.25) is 0 Å².